The van der Waals surface area contributed by atoms with Crippen LogP contribution in [-0.2, 0) is 6.54 Å². The molecule has 0 aliphatic rings. The Morgan fingerprint density at radius 3 is 2.59 bits per heavy atom. The molecule has 2 heterocycles. The van der Waals surface area contributed by atoms with Crippen LogP contribution in [0.15, 0.2) is 39.9 Å². The van der Waals surface area contributed by atoms with E-state index in [0.29, 0.717) is 15.8 Å². The van der Waals surface area contributed by atoms with Crippen molar-refractivity contribution in [1.82, 2.24) is 9.55 Å². The molecule has 0 aliphatic carbocycles. The summed E-state index contributed by atoms with van der Waals surface area (Å²) in [5.41, 5.74) is -0.238. The van der Waals surface area contributed by atoms with Gasteiger partial charge in [0.25, 0.3) is 11.2 Å². The molecule has 0 amide bonds. The van der Waals surface area contributed by atoms with Crippen molar-refractivity contribution in [3.8, 4) is 0 Å². The highest BCUT2D eigenvalue weighted by atomic mass is 32.1. The zero-order valence-corrected chi connectivity index (χ0v) is 12.3. The molecule has 112 valence electrons. The molecule has 0 atom stereocenters. The van der Waals surface area contributed by atoms with Gasteiger partial charge in [0.1, 0.15) is 4.83 Å². The van der Waals surface area contributed by atoms with Crippen molar-refractivity contribution in [2.75, 3.05) is 0 Å². The molecule has 0 saturated heterocycles. The standard InChI is InChI=1S/C14H11N3O4S/c1-8-6-11-12(22-8)15-14(19)16(13(11)18)7-9-2-4-10(5-3-9)17(20)21/h2-6H,7H2,1H3,(H,15,19). The predicted molar refractivity (Wildman–Crippen MR) is 83.6 cm³/mol. The average molecular weight is 317 g/mol. The van der Waals surface area contributed by atoms with Crippen LogP contribution in [0.25, 0.3) is 10.2 Å². The highest BCUT2D eigenvalue weighted by Crippen LogP contribution is 2.18. The van der Waals surface area contributed by atoms with Crippen molar-refractivity contribution < 1.29 is 4.92 Å². The Kier molecular flexibility index (Phi) is 3.38. The maximum absolute atomic E-state index is 12.4. The van der Waals surface area contributed by atoms with E-state index in [-0.39, 0.29) is 17.8 Å². The first-order valence-corrected chi connectivity index (χ1v) is 7.24. The minimum atomic E-state index is -0.497. The van der Waals surface area contributed by atoms with Gasteiger partial charge in [0.2, 0.25) is 0 Å². The average Bonchev–Trinajstić information content (AvgIpc) is 2.84. The normalized spacial score (nSPS) is 11.0. The summed E-state index contributed by atoms with van der Waals surface area (Å²) in [6.07, 6.45) is 0. The van der Waals surface area contributed by atoms with E-state index in [4.69, 9.17) is 0 Å². The lowest BCUT2D eigenvalue weighted by Crippen LogP contribution is -2.34. The molecule has 0 radical (unpaired) electrons. The first kappa shape index (κ1) is 14.2. The van der Waals surface area contributed by atoms with E-state index in [0.717, 1.165) is 9.44 Å². The van der Waals surface area contributed by atoms with Gasteiger partial charge >= 0.3 is 5.69 Å². The van der Waals surface area contributed by atoms with Crippen molar-refractivity contribution in [3.05, 3.63) is 71.7 Å². The van der Waals surface area contributed by atoms with Crippen LogP contribution in [0.5, 0.6) is 0 Å². The van der Waals surface area contributed by atoms with Crippen LogP contribution in [0.2, 0.25) is 0 Å². The van der Waals surface area contributed by atoms with Gasteiger partial charge in [-0.15, -0.1) is 11.3 Å². The fourth-order valence-electron chi connectivity index (χ4n) is 2.22. The van der Waals surface area contributed by atoms with Gasteiger partial charge in [0, 0.05) is 17.0 Å². The summed E-state index contributed by atoms with van der Waals surface area (Å²) in [5, 5.41) is 11.1. The number of fused-ring (bicyclic) bond motifs is 1. The SMILES string of the molecule is Cc1cc2c(=O)n(Cc3ccc([N+](=O)[O-])cc3)c(=O)[nH]c2s1. The second-order valence-electron chi connectivity index (χ2n) is 4.84. The van der Waals surface area contributed by atoms with Crippen molar-refractivity contribution in [2.45, 2.75) is 13.5 Å². The topological polar surface area (TPSA) is 98.0 Å². The summed E-state index contributed by atoms with van der Waals surface area (Å²) in [6, 6.07) is 7.51. The van der Waals surface area contributed by atoms with Crippen molar-refractivity contribution in [3.63, 3.8) is 0 Å². The van der Waals surface area contributed by atoms with Crippen LogP contribution in [0.1, 0.15) is 10.4 Å². The number of non-ortho nitro benzene ring substituents is 1. The fourth-order valence-corrected chi connectivity index (χ4v) is 3.11. The van der Waals surface area contributed by atoms with E-state index in [2.05, 4.69) is 4.98 Å². The minimum absolute atomic E-state index is 0.0334. The molecule has 0 spiro atoms. The summed E-state index contributed by atoms with van der Waals surface area (Å²) in [5.74, 6) is 0. The van der Waals surface area contributed by atoms with E-state index in [1.165, 1.54) is 35.6 Å². The molecule has 0 bridgehead atoms. The maximum Gasteiger partial charge on any atom is 0.329 e. The van der Waals surface area contributed by atoms with Crippen LogP contribution in [0.3, 0.4) is 0 Å². The van der Waals surface area contributed by atoms with E-state index >= 15 is 0 Å². The summed E-state index contributed by atoms with van der Waals surface area (Å²) in [6.45, 7) is 1.93. The number of nitrogens with zero attached hydrogens (tertiary/aromatic N) is 2. The molecule has 0 fully saturated rings. The van der Waals surface area contributed by atoms with Gasteiger partial charge < -0.3 is 0 Å². The van der Waals surface area contributed by atoms with Gasteiger partial charge in [-0.3, -0.25) is 24.5 Å². The molecular formula is C14H11N3O4S. The number of H-pyrrole nitrogens is 1. The third-order valence-corrected chi connectivity index (χ3v) is 4.25. The molecule has 1 N–H and O–H groups in total. The first-order valence-electron chi connectivity index (χ1n) is 6.42. The van der Waals surface area contributed by atoms with E-state index in [1.54, 1.807) is 6.07 Å². The fraction of sp³-hybridized carbons (Fsp3) is 0.143. The monoisotopic (exact) mass is 317 g/mol. The number of aryl methyl sites for hydroxylation is 1. The van der Waals surface area contributed by atoms with Crippen LogP contribution in [-0.4, -0.2) is 14.5 Å². The number of thiophene rings is 1. The van der Waals surface area contributed by atoms with Crippen molar-refractivity contribution >= 4 is 27.2 Å². The van der Waals surface area contributed by atoms with Gasteiger partial charge in [0.15, 0.2) is 0 Å². The number of nitrogens with one attached hydrogen (secondary N) is 1. The van der Waals surface area contributed by atoms with Crippen molar-refractivity contribution in [2.24, 2.45) is 0 Å². The van der Waals surface area contributed by atoms with E-state index in [1.807, 2.05) is 6.92 Å². The van der Waals surface area contributed by atoms with Crippen LogP contribution in [0.4, 0.5) is 5.69 Å². The Morgan fingerprint density at radius 2 is 1.95 bits per heavy atom. The van der Waals surface area contributed by atoms with Crippen LogP contribution in [0, 0.1) is 17.0 Å². The number of benzene rings is 1. The first-order chi connectivity index (χ1) is 10.5. The minimum Gasteiger partial charge on any atom is -0.298 e. The molecule has 2 aromatic heterocycles. The van der Waals surface area contributed by atoms with E-state index < -0.39 is 10.6 Å². The number of aromatic amines is 1. The second kappa shape index (κ2) is 5.23. The van der Waals surface area contributed by atoms with Crippen molar-refractivity contribution in [1.29, 1.82) is 0 Å². The molecule has 3 aromatic rings. The number of hydrogen-bond donors (Lipinski definition) is 1. The highest BCUT2D eigenvalue weighted by molar-refractivity contribution is 7.18. The molecule has 0 unspecified atom stereocenters. The molecule has 0 aliphatic heterocycles. The highest BCUT2D eigenvalue weighted by Gasteiger charge is 2.11. The lowest BCUT2D eigenvalue weighted by molar-refractivity contribution is -0.384. The lowest BCUT2D eigenvalue weighted by atomic mass is 10.2. The quantitative estimate of drug-likeness (QED) is 0.590. The second-order valence-corrected chi connectivity index (χ2v) is 6.10. The summed E-state index contributed by atoms with van der Waals surface area (Å²) in [7, 11) is 0. The summed E-state index contributed by atoms with van der Waals surface area (Å²) in [4.78, 5) is 38.7. The Labute approximate surface area is 127 Å². The largest absolute Gasteiger partial charge is 0.329 e. The number of hydrogen-bond acceptors (Lipinski definition) is 5. The number of nitro benzene ring substituents is 1. The zero-order valence-electron chi connectivity index (χ0n) is 11.5. The Balaban J connectivity index is 2.05. The summed E-state index contributed by atoms with van der Waals surface area (Å²) >= 11 is 1.36. The van der Waals surface area contributed by atoms with Gasteiger partial charge in [-0.1, -0.05) is 12.1 Å². The smallest absolute Gasteiger partial charge is 0.298 e. The Morgan fingerprint density at radius 1 is 1.27 bits per heavy atom. The molecule has 3 rings (SSSR count). The number of nitro groups is 1. The number of rotatable bonds is 3. The van der Waals surface area contributed by atoms with Gasteiger partial charge in [0.05, 0.1) is 16.9 Å². The molecule has 8 heteroatoms. The Bertz CT molecular complexity index is 982. The van der Waals surface area contributed by atoms with Gasteiger partial charge in [-0.25, -0.2) is 4.79 Å². The zero-order chi connectivity index (χ0) is 15.9. The van der Waals surface area contributed by atoms with Gasteiger partial charge in [-0.05, 0) is 18.6 Å². The van der Waals surface area contributed by atoms with Gasteiger partial charge in [-0.2, -0.15) is 0 Å². The van der Waals surface area contributed by atoms with E-state index in [9.17, 15) is 19.7 Å². The third-order valence-electron chi connectivity index (χ3n) is 3.28. The van der Waals surface area contributed by atoms with Crippen LogP contribution >= 0.6 is 11.3 Å². The molecule has 22 heavy (non-hydrogen) atoms. The van der Waals surface area contributed by atoms with Crippen LogP contribution < -0.4 is 11.2 Å². The predicted octanol–water partition coefficient (Wildman–Crippen LogP) is 2.02. The molecule has 7 nitrogen and oxygen atoms in total. The third kappa shape index (κ3) is 2.44. The summed E-state index contributed by atoms with van der Waals surface area (Å²) < 4.78 is 1.09. The molecular weight excluding hydrogens is 306 g/mol. The lowest BCUT2D eigenvalue weighted by Gasteiger charge is -2.04. The molecule has 1 aromatic carbocycles. The molecule has 0 saturated carbocycles. The number of aromatic nitrogens is 2. The Hall–Kier alpha value is -2.74. The maximum atomic E-state index is 12.4.